The monoisotopic (exact) mass is 414 g/mol. The molecule has 1 aromatic carbocycles. The van der Waals surface area contributed by atoms with Crippen molar-refractivity contribution < 1.29 is 24.2 Å². The normalized spacial score (nSPS) is 18.9. The summed E-state index contributed by atoms with van der Waals surface area (Å²) in [4.78, 5) is 37.8. The summed E-state index contributed by atoms with van der Waals surface area (Å²) in [5, 5.41) is 14.6. The fraction of sp³-hybridized carbons (Fsp3) is 0.409. The first kappa shape index (κ1) is 21.0. The highest BCUT2D eigenvalue weighted by Crippen LogP contribution is 2.41. The van der Waals surface area contributed by atoms with E-state index >= 15 is 0 Å². The number of thiophene rings is 1. The zero-order valence-corrected chi connectivity index (χ0v) is 17.6. The first-order valence-electron chi connectivity index (χ1n) is 9.64. The molecule has 154 valence electrons. The molecule has 2 atom stereocenters. The maximum Gasteiger partial charge on any atom is 0.341 e. The van der Waals surface area contributed by atoms with E-state index in [-0.39, 0.29) is 5.91 Å². The van der Waals surface area contributed by atoms with Crippen molar-refractivity contribution in [3.63, 3.8) is 0 Å². The SMILES string of the molecule is COC(=O)c1c(NC(=O)[C@@H]2CCCC[C@@H]2C(=O)[O-])sc(C)c1-c1ccc(C)cc1. The zero-order chi connectivity index (χ0) is 21.1. The first-order valence-corrected chi connectivity index (χ1v) is 10.5. The number of carboxylic acid groups (broad SMARTS) is 1. The molecular weight excluding hydrogens is 390 g/mol. The Morgan fingerprint density at radius 1 is 1.07 bits per heavy atom. The highest BCUT2D eigenvalue weighted by Gasteiger charge is 2.33. The van der Waals surface area contributed by atoms with Gasteiger partial charge < -0.3 is 20.0 Å². The Bertz CT molecular complexity index is 931. The molecule has 0 aliphatic heterocycles. The molecule has 1 fully saturated rings. The van der Waals surface area contributed by atoms with Gasteiger partial charge in [-0.25, -0.2) is 4.79 Å². The molecule has 2 aromatic rings. The van der Waals surface area contributed by atoms with Crippen molar-refractivity contribution in [1.82, 2.24) is 0 Å². The van der Waals surface area contributed by atoms with Gasteiger partial charge in [-0.1, -0.05) is 42.7 Å². The van der Waals surface area contributed by atoms with Gasteiger partial charge >= 0.3 is 5.97 Å². The van der Waals surface area contributed by atoms with Gasteiger partial charge in [-0.3, -0.25) is 4.79 Å². The van der Waals surface area contributed by atoms with Crippen molar-refractivity contribution in [2.24, 2.45) is 11.8 Å². The maximum absolute atomic E-state index is 12.9. The van der Waals surface area contributed by atoms with Crippen LogP contribution in [-0.2, 0) is 14.3 Å². The fourth-order valence-corrected chi connectivity index (χ4v) is 5.00. The lowest BCUT2D eigenvalue weighted by Gasteiger charge is -2.31. The third-order valence-corrected chi connectivity index (χ3v) is 6.48. The van der Waals surface area contributed by atoms with Gasteiger partial charge in [0.15, 0.2) is 0 Å². The maximum atomic E-state index is 12.9. The summed E-state index contributed by atoms with van der Waals surface area (Å²) >= 11 is 1.29. The summed E-state index contributed by atoms with van der Waals surface area (Å²) in [6, 6.07) is 7.77. The smallest absolute Gasteiger partial charge is 0.341 e. The highest BCUT2D eigenvalue weighted by atomic mass is 32.1. The Morgan fingerprint density at radius 2 is 1.69 bits per heavy atom. The lowest BCUT2D eigenvalue weighted by atomic mass is 9.78. The largest absolute Gasteiger partial charge is 0.550 e. The van der Waals surface area contributed by atoms with E-state index in [9.17, 15) is 19.5 Å². The van der Waals surface area contributed by atoms with Crippen molar-refractivity contribution in [2.75, 3.05) is 12.4 Å². The molecule has 0 saturated heterocycles. The minimum Gasteiger partial charge on any atom is -0.550 e. The van der Waals surface area contributed by atoms with Crippen LogP contribution in [-0.4, -0.2) is 25.0 Å². The number of hydrogen-bond acceptors (Lipinski definition) is 6. The number of aryl methyl sites for hydroxylation is 2. The van der Waals surface area contributed by atoms with E-state index in [4.69, 9.17) is 4.74 Å². The summed E-state index contributed by atoms with van der Waals surface area (Å²) in [5.41, 5.74) is 2.97. The number of carbonyl (C=O) groups excluding carboxylic acids is 3. The van der Waals surface area contributed by atoms with E-state index < -0.39 is 23.8 Å². The van der Waals surface area contributed by atoms with Crippen LogP contribution in [0.1, 0.15) is 46.5 Å². The minimum absolute atomic E-state index is 0.299. The van der Waals surface area contributed by atoms with Crippen molar-refractivity contribution >= 4 is 34.2 Å². The predicted octanol–water partition coefficient (Wildman–Crippen LogP) is 3.31. The number of amides is 1. The molecule has 1 heterocycles. The minimum atomic E-state index is -1.19. The summed E-state index contributed by atoms with van der Waals surface area (Å²) in [6.07, 6.45) is 2.49. The number of hydrogen-bond donors (Lipinski definition) is 1. The molecule has 0 unspecified atom stereocenters. The quantitative estimate of drug-likeness (QED) is 0.758. The standard InChI is InChI=1S/C22H25NO5S/c1-12-8-10-14(11-9-12)17-13(2)29-20(18(17)22(27)28-3)23-19(24)15-6-4-5-7-16(15)21(25)26/h8-11,15-16H,4-7H2,1-3H3,(H,23,24)(H,25,26)/p-1/t15-,16+/m1/s1. The molecule has 1 amide bonds. The Kier molecular flexibility index (Phi) is 6.37. The van der Waals surface area contributed by atoms with Gasteiger partial charge in [0, 0.05) is 28.2 Å². The average Bonchev–Trinajstić information content (AvgIpc) is 3.03. The molecule has 6 nitrogen and oxygen atoms in total. The summed E-state index contributed by atoms with van der Waals surface area (Å²) in [7, 11) is 1.30. The van der Waals surface area contributed by atoms with Gasteiger partial charge in [-0.15, -0.1) is 11.3 Å². The van der Waals surface area contributed by atoms with Crippen molar-refractivity contribution in [3.05, 3.63) is 40.3 Å². The van der Waals surface area contributed by atoms with Gasteiger partial charge in [0.1, 0.15) is 10.6 Å². The molecule has 0 bridgehead atoms. The third-order valence-electron chi connectivity index (χ3n) is 5.46. The number of anilines is 1. The van der Waals surface area contributed by atoms with E-state index in [1.807, 2.05) is 38.1 Å². The van der Waals surface area contributed by atoms with Crippen LogP contribution in [0.3, 0.4) is 0 Å². The average molecular weight is 415 g/mol. The number of esters is 1. The molecule has 29 heavy (non-hydrogen) atoms. The second-order valence-corrected chi connectivity index (χ2v) is 8.63. The number of rotatable bonds is 5. The van der Waals surface area contributed by atoms with Gasteiger partial charge in [-0.2, -0.15) is 0 Å². The number of benzene rings is 1. The number of nitrogens with one attached hydrogen (secondary N) is 1. The van der Waals surface area contributed by atoms with Crippen LogP contribution in [0, 0.1) is 25.7 Å². The second-order valence-electron chi connectivity index (χ2n) is 7.40. The van der Waals surface area contributed by atoms with E-state index in [1.54, 1.807) is 0 Å². The molecule has 1 aliphatic rings. The Morgan fingerprint density at radius 3 is 2.28 bits per heavy atom. The molecular formula is C22H24NO5S-. The number of carboxylic acids is 1. The summed E-state index contributed by atoms with van der Waals surface area (Å²) in [5.74, 6) is -3.59. The van der Waals surface area contributed by atoms with Crippen molar-refractivity contribution in [2.45, 2.75) is 39.5 Å². The molecule has 1 N–H and O–H groups in total. The van der Waals surface area contributed by atoms with Crippen LogP contribution in [0.5, 0.6) is 0 Å². The third kappa shape index (κ3) is 4.34. The van der Waals surface area contributed by atoms with Gasteiger partial charge in [0.05, 0.1) is 7.11 Å². The van der Waals surface area contributed by atoms with E-state index in [1.165, 1.54) is 18.4 Å². The Hall–Kier alpha value is -2.67. The number of carbonyl (C=O) groups is 3. The lowest BCUT2D eigenvalue weighted by Crippen LogP contribution is -2.42. The molecule has 7 heteroatoms. The van der Waals surface area contributed by atoms with Crippen LogP contribution >= 0.6 is 11.3 Å². The van der Waals surface area contributed by atoms with Crippen LogP contribution in [0.4, 0.5) is 5.00 Å². The predicted molar refractivity (Wildman–Crippen MR) is 110 cm³/mol. The molecule has 1 aliphatic carbocycles. The van der Waals surface area contributed by atoms with E-state index in [0.717, 1.165) is 34.4 Å². The van der Waals surface area contributed by atoms with Crippen molar-refractivity contribution in [3.8, 4) is 11.1 Å². The summed E-state index contributed by atoms with van der Waals surface area (Å²) in [6.45, 7) is 3.86. The molecule has 1 saturated carbocycles. The number of aliphatic carboxylic acids is 1. The second kappa shape index (κ2) is 8.78. The van der Waals surface area contributed by atoms with E-state index in [0.29, 0.717) is 23.4 Å². The lowest BCUT2D eigenvalue weighted by molar-refractivity contribution is -0.313. The summed E-state index contributed by atoms with van der Waals surface area (Å²) < 4.78 is 4.97. The van der Waals surface area contributed by atoms with Gasteiger partial charge in [0.25, 0.3) is 0 Å². The van der Waals surface area contributed by atoms with Crippen LogP contribution < -0.4 is 10.4 Å². The topological polar surface area (TPSA) is 95.5 Å². The van der Waals surface area contributed by atoms with E-state index in [2.05, 4.69) is 5.32 Å². The Balaban J connectivity index is 1.98. The Labute approximate surface area is 173 Å². The van der Waals surface area contributed by atoms with Crippen LogP contribution in [0.25, 0.3) is 11.1 Å². The number of methoxy groups -OCH3 is 1. The van der Waals surface area contributed by atoms with Crippen LogP contribution in [0.2, 0.25) is 0 Å². The number of ether oxygens (including phenoxy) is 1. The molecule has 0 radical (unpaired) electrons. The van der Waals surface area contributed by atoms with Crippen molar-refractivity contribution in [1.29, 1.82) is 0 Å². The molecule has 0 spiro atoms. The van der Waals surface area contributed by atoms with Crippen LogP contribution in [0.15, 0.2) is 24.3 Å². The highest BCUT2D eigenvalue weighted by molar-refractivity contribution is 7.17. The molecule has 3 rings (SSSR count). The molecule has 1 aromatic heterocycles. The van der Waals surface area contributed by atoms with Gasteiger partial charge in [0.2, 0.25) is 5.91 Å². The zero-order valence-electron chi connectivity index (χ0n) is 16.7. The first-order chi connectivity index (χ1) is 13.8. The van der Waals surface area contributed by atoms with Gasteiger partial charge in [-0.05, 0) is 32.3 Å². The fourth-order valence-electron chi connectivity index (χ4n) is 3.93.